The predicted octanol–water partition coefficient (Wildman–Crippen LogP) is 6.84. The Labute approximate surface area is 203 Å². The Hall–Kier alpha value is -3.59. The summed E-state index contributed by atoms with van der Waals surface area (Å²) in [5.41, 5.74) is 6.90. The molecule has 4 rings (SSSR count). The molecule has 1 amide bonds. The lowest BCUT2D eigenvalue weighted by Crippen LogP contribution is -2.28. The molecular weight excluding hydrogens is 416 g/mol. The first-order valence-electron chi connectivity index (χ1n) is 12.1. The molecule has 34 heavy (non-hydrogen) atoms. The maximum Gasteiger partial charge on any atom is 0.253 e. The molecule has 0 N–H and O–H groups in total. The Morgan fingerprint density at radius 3 is 2.24 bits per heavy atom. The molecular formula is C31H34N2O. The Balaban J connectivity index is 1.57. The second kappa shape index (κ2) is 10.6. The summed E-state index contributed by atoms with van der Waals surface area (Å²) in [5, 5.41) is 2.48. The van der Waals surface area contributed by atoms with Crippen LogP contribution in [-0.2, 0) is 12.8 Å². The van der Waals surface area contributed by atoms with Gasteiger partial charge in [0.15, 0.2) is 0 Å². The average molecular weight is 451 g/mol. The van der Waals surface area contributed by atoms with Crippen LogP contribution < -0.4 is 4.90 Å². The van der Waals surface area contributed by atoms with Crippen LogP contribution in [0.25, 0.3) is 21.9 Å². The Kier molecular flexibility index (Phi) is 7.32. The highest BCUT2D eigenvalue weighted by Crippen LogP contribution is 2.35. The van der Waals surface area contributed by atoms with Crippen LogP contribution in [0.5, 0.6) is 0 Å². The highest BCUT2D eigenvalue weighted by atomic mass is 16.2. The average Bonchev–Trinajstić information content (AvgIpc) is 2.87. The van der Waals surface area contributed by atoms with E-state index in [2.05, 4.69) is 98.7 Å². The molecule has 0 saturated carbocycles. The lowest BCUT2D eigenvalue weighted by molar-refractivity contribution is 0.0793. The van der Waals surface area contributed by atoms with Crippen molar-refractivity contribution in [2.45, 2.75) is 26.2 Å². The molecule has 4 aromatic rings. The van der Waals surface area contributed by atoms with Gasteiger partial charge in [-0.15, -0.1) is 0 Å². The van der Waals surface area contributed by atoms with E-state index in [1.807, 2.05) is 24.1 Å². The number of hydrogen-bond acceptors (Lipinski definition) is 2. The zero-order valence-corrected chi connectivity index (χ0v) is 20.7. The van der Waals surface area contributed by atoms with Crippen molar-refractivity contribution >= 4 is 22.4 Å². The van der Waals surface area contributed by atoms with Crippen molar-refractivity contribution < 1.29 is 4.79 Å². The van der Waals surface area contributed by atoms with E-state index in [4.69, 9.17) is 0 Å². The molecule has 0 aliphatic carbocycles. The molecule has 0 spiro atoms. The Morgan fingerprint density at radius 2 is 1.50 bits per heavy atom. The standard InChI is InChI=1S/C31H34N2O/c1-5-24-22-25(31(34)33(4)21-11-14-23-12-7-6-8-13-23)19-20-26(24)27-15-9-17-29-28(27)16-10-18-30(29)32(2)3/h6-10,12-13,15-20,22H,5,11,14,21H2,1-4H3. The smallest absolute Gasteiger partial charge is 0.253 e. The maximum atomic E-state index is 13.2. The van der Waals surface area contributed by atoms with E-state index in [1.54, 1.807) is 0 Å². The van der Waals surface area contributed by atoms with Crippen molar-refractivity contribution in [3.05, 3.63) is 102 Å². The molecule has 0 saturated heterocycles. The van der Waals surface area contributed by atoms with E-state index in [9.17, 15) is 4.79 Å². The second-order valence-electron chi connectivity index (χ2n) is 9.11. The molecule has 0 unspecified atom stereocenters. The van der Waals surface area contributed by atoms with E-state index < -0.39 is 0 Å². The second-order valence-corrected chi connectivity index (χ2v) is 9.11. The molecule has 0 atom stereocenters. The van der Waals surface area contributed by atoms with Crippen LogP contribution in [0.15, 0.2) is 84.9 Å². The third kappa shape index (κ3) is 4.99. The topological polar surface area (TPSA) is 23.6 Å². The molecule has 174 valence electrons. The number of aryl methyl sites for hydroxylation is 2. The van der Waals surface area contributed by atoms with Crippen molar-refractivity contribution in [3.63, 3.8) is 0 Å². The third-order valence-electron chi connectivity index (χ3n) is 6.55. The van der Waals surface area contributed by atoms with Crippen LogP contribution in [-0.4, -0.2) is 38.5 Å². The number of benzene rings is 4. The van der Waals surface area contributed by atoms with Crippen LogP contribution in [0, 0.1) is 0 Å². The normalized spacial score (nSPS) is 10.9. The van der Waals surface area contributed by atoms with Crippen LogP contribution in [0.1, 0.15) is 34.8 Å². The SMILES string of the molecule is CCc1cc(C(=O)N(C)CCCc2ccccc2)ccc1-c1cccc2c(N(C)C)cccc12. The van der Waals surface area contributed by atoms with E-state index in [1.165, 1.54) is 38.7 Å². The van der Waals surface area contributed by atoms with E-state index in [0.717, 1.165) is 31.4 Å². The van der Waals surface area contributed by atoms with Gasteiger partial charge in [-0.1, -0.05) is 73.7 Å². The van der Waals surface area contributed by atoms with Gasteiger partial charge >= 0.3 is 0 Å². The number of nitrogens with zero attached hydrogens (tertiary/aromatic N) is 2. The fourth-order valence-corrected chi connectivity index (χ4v) is 4.69. The lowest BCUT2D eigenvalue weighted by Gasteiger charge is -2.20. The summed E-state index contributed by atoms with van der Waals surface area (Å²) in [6.07, 6.45) is 2.81. The first-order chi connectivity index (χ1) is 16.5. The van der Waals surface area contributed by atoms with Crippen LogP contribution in [0.4, 0.5) is 5.69 Å². The summed E-state index contributed by atoms with van der Waals surface area (Å²) >= 11 is 0. The molecule has 0 aliphatic heterocycles. The Bertz CT molecular complexity index is 1280. The van der Waals surface area contributed by atoms with Gasteiger partial charge in [0.1, 0.15) is 0 Å². The lowest BCUT2D eigenvalue weighted by atomic mass is 9.91. The first-order valence-corrected chi connectivity index (χ1v) is 12.1. The minimum absolute atomic E-state index is 0.0853. The van der Waals surface area contributed by atoms with Gasteiger partial charge in [0.2, 0.25) is 0 Å². The van der Waals surface area contributed by atoms with Gasteiger partial charge in [0.25, 0.3) is 5.91 Å². The summed E-state index contributed by atoms with van der Waals surface area (Å²) in [4.78, 5) is 17.2. The zero-order valence-electron chi connectivity index (χ0n) is 20.7. The third-order valence-corrected chi connectivity index (χ3v) is 6.55. The van der Waals surface area contributed by atoms with Crippen molar-refractivity contribution in [1.29, 1.82) is 0 Å². The van der Waals surface area contributed by atoms with Crippen molar-refractivity contribution in [2.24, 2.45) is 0 Å². The van der Waals surface area contributed by atoms with Crippen molar-refractivity contribution in [2.75, 3.05) is 32.6 Å². The number of carbonyl (C=O) groups is 1. The molecule has 0 radical (unpaired) electrons. The maximum absolute atomic E-state index is 13.2. The highest BCUT2D eigenvalue weighted by Gasteiger charge is 2.16. The van der Waals surface area contributed by atoms with Crippen LogP contribution in [0.3, 0.4) is 0 Å². The summed E-state index contributed by atoms with van der Waals surface area (Å²) in [7, 11) is 6.06. The van der Waals surface area contributed by atoms with Gasteiger partial charge in [-0.3, -0.25) is 4.79 Å². The predicted molar refractivity (Wildman–Crippen MR) is 145 cm³/mol. The zero-order chi connectivity index (χ0) is 24.1. The number of fused-ring (bicyclic) bond motifs is 1. The number of anilines is 1. The fraction of sp³-hybridized carbons (Fsp3) is 0.258. The minimum Gasteiger partial charge on any atom is -0.377 e. The van der Waals surface area contributed by atoms with Gasteiger partial charge in [-0.05, 0) is 65.1 Å². The molecule has 3 nitrogen and oxygen atoms in total. The molecule has 0 aromatic heterocycles. The molecule has 3 heteroatoms. The summed E-state index contributed by atoms with van der Waals surface area (Å²) in [6.45, 7) is 2.90. The number of rotatable bonds is 8. The van der Waals surface area contributed by atoms with Gasteiger partial charge in [-0.25, -0.2) is 0 Å². The minimum atomic E-state index is 0.0853. The molecule has 0 aliphatic rings. The molecule has 4 aromatic carbocycles. The van der Waals surface area contributed by atoms with E-state index in [0.29, 0.717) is 0 Å². The molecule has 0 heterocycles. The van der Waals surface area contributed by atoms with Gasteiger partial charge in [-0.2, -0.15) is 0 Å². The summed E-state index contributed by atoms with van der Waals surface area (Å²) < 4.78 is 0. The van der Waals surface area contributed by atoms with Gasteiger partial charge in [0.05, 0.1) is 0 Å². The van der Waals surface area contributed by atoms with Gasteiger partial charge in [0, 0.05) is 44.3 Å². The van der Waals surface area contributed by atoms with Crippen LogP contribution >= 0.6 is 0 Å². The van der Waals surface area contributed by atoms with Gasteiger partial charge < -0.3 is 9.80 Å². The fourth-order valence-electron chi connectivity index (χ4n) is 4.69. The summed E-state index contributed by atoms with van der Waals surface area (Å²) in [5.74, 6) is 0.0853. The first kappa shape index (κ1) is 23.6. The van der Waals surface area contributed by atoms with E-state index in [-0.39, 0.29) is 5.91 Å². The highest BCUT2D eigenvalue weighted by molar-refractivity contribution is 6.04. The van der Waals surface area contributed by atoms with Crippen LogP contribution in [0.2, 0.25) is 0 Å². The number of hydrogen-bond donors (Lipinski definition) is 0. The van der Waals surface area contributed by atoms with E-state index >= 15 is 0 Å². The monoisotopic (exact) mass is 450 g/mol. The molecule has 0 fully saturated rings. The summed E-state index contributed by atoms with van der Waals surface area (Å²) in [6, 6.07) is 29.6. The van der Waals surface area contributed by atoms with Crippen molar-refractivity contribution in [3.8, 4) is 11.1 Å². The number of amides is 1. The molecule has 0 bridgehead atoms. The van der Waals surface area contributed by atoms with Crippen molar-refractivity contribution in [1.82, 2.24) is 4.90 Å². The largest absolute Gasteiger partial charge is 0.377 e. The Morgan fingerprint density at radius 1 is 0.765 bits per heavy atom. The quantitative estimate of drug-likeness (QED) is 0.293. The number of carbonyl (C=O) groups excluding carboxylic acids is 1.